The molecule has 1 amide bonds. The molecule has 0 bridgehead atoms. The number of nitrogen functional groups attached to an aromatic ring is 1. The molecule has 1 aromatic heterocycles. The molecule has 3 aromatic rings. The molecule has 156 valence electrons. The van der Waals surface area contributed by atoms with Gasteiger partial charge in [-0.2, -0.15) is 9.37 Å². The van der Waals surface area contributed by atoms with Crippen LogP contribution in [0.3, 0.4) is 0 Å². The van der Waals surface area contributed by atoms with E-state index in [1.807, 2.05) is 37.3 Å². The number of amides is 1. The van der Waals surface area contributed by atoms with Crippen LogP contribution in [-0.4, -0.2) is 23.4 Å². The lowest BCUT2D eigenvalue weighted by atomic mass is 10.1. The van der Waals surface area contributed by atoms with Gasteiger partial charge in [0.15, 0.2) is 5.96 Å². The third-order valence-corrected chi connectivity index (χ3v) is 6.23. The number of nitrogens with one attached hydrogen (secondary N) is 1. The summed E-state index contributed by atoms with van der Waals surface area (Å²) >= 11 is 9.47. The number of rotatable bonds is 5. The number of halogens is 2. The van der Waals surface area contributed by atoms with E-state index in [1.54, 1.807) is 13.2 Å². The van der Waals surface area contributed by atoms with Crippen molar-refractivity contribution >= 4 is 63.3 Å². The Bertz CT molecular complexity index is 1090. The Labute approximate surface area is 196 Å². The maximum atomic E-state index is 12.8. The number of carbonyl (C=O) groups is 1. The maximum absolute atomic E-state index is 12.8. The second kappa shape index (κ2) is 9.63. The van der Waals surface area contributed by atoms with Crippen molar-refractivity contribution in [2.45, 2.75) is 13.5 Å². The number of nitrogens with two attached hydrogens (primary N) is 2. The standard InChI is InChI=1S/C20H19ClIN5O2S/c1-10-16(18(27-30-10)12-3-5-13(29-2)6-4-12)19(28)26-20(24)25-9-11-7-14(21)17(23)15(22)8-11/h3-8H,9,23H2,1-2H3,(H3,24,25,26,28). The molecular formula is C20H19ClIN5O2S. The summed E-state index contributed by atoms with van der Waals surface area (Å²) in [5, 5.41) is 3.40. The summed E-state index contributed by atoms with van der Waals surface area (Å²) in [6.45, 7) is 2.18. The summed E-state index contributed by atoms with van der Waals surface area (Å²) in [6.07, 6.45) is 0. The maximum Gasteiger partial charge on any atom is 0.283 e. The van der Waals surface area contributed by atoms with Gasteiger partial charge in [-0.05, 0) is 83.0 Å². The Morgan fingerprint density at radius 3 is 2.67 bits per heavy atom. The highest BCUT2D eigenvalue weighted by atomic mass is 127. The van der Waals surface area contributed by atoms with E-state index in [0.29, 0.717) is 28.5 Å². The largest absolute Gasteiger partial charge is 0.497 e. The van der Waals surface area contributed by atoms with Crippen molar-refractivity contribution in [1.29, 1.82) is 0 Å². The van der Waals surface area contributed by atoms with E-state index in [-0.39, 0.29) is 5.96 Å². The van der Waals surface area contributed by atoms with Crippen molar-refractivity contribution in [3.05, 3.63) is 61.0 Å². The van der Waals surface area contributed by atoms with E-state index < -0.39 is 5.91 Å². The molecule has 0 aliphatic heterocycles. The molecule has 0 unspecified atom stereocenters. The highest BCUT2D eigenvalue weighted by Crippen LogP contribution is 2.30. The molecule has 0 saturated heterocycles. The minimum absolute atomic E-state index is 0.00855. The number of aryl methyl sites for hydroxylation is 1. The number of hydrogen-bond acceptors (Lipinski definition) is 5. The second-order valence-electron chi connectivity index (χ2n) is 6.32. The summed E-state index contributed by atoms with van der Waals surface area (Å²) in [7, 11) is 1.60. The average Bonchev–Trinajstić information content (AvgIpc) is 3.12. The molecule has 5 N–H and O–H groups in total. The highest BCUT2D eigenvalue weighted by molar-refractivity contribution is 14.1. The second-order valence-corrected chi connectivity index (χ2v) is 8.87. The Hall–Kier alpha value is -2.37. The van der Waals surface area contributed by atoms with E-state index in [1.165, 1.54) is 11.5 Å². The van der Waals surface area contributed by atoms with Crippen LogP contribution in [0.1, 0.15) is 20.8 Å². The van der Waals surface area contributed by atoms with Gasteiger partial charge in [-0.1, -0.05) is 11.6 Å². The smallest absolute Gasteiger partial charge is 0.283 e. The number of nitrogens with zero attached hydrogens (tertiary/aromatic N) is 2. The van der Waals surface area contributed by atoms with E-state index in [9.17, 15) is 4.79 Å². The molecule has 3 rings (SSSR count). The Kier molecular flexibility index (Phi) is 7.16. The number of ether oxygens (including phenoxy) is 1. The highest BCUT2D eigenvalue weighted by Gasteiger charge is 2.20. The lowest BCUT2D eigenvalue weighted by Crippen LogP contribution is -2.32. The quantitative estimate of drug-likeness (QED) is 0.188. The summed E-state index contributed by atoms with van der Waals surface area (Å²) < 4.78 is 10.4. The van der Waals surface area contributed by atoms with Gasteiger partial charge in [0.2, 0.25) is 0 Å². The van der Waals surface area contributed by atoms with Crippen LogP contribution in [0.15, 0.2) is 41.4 Å². The fourth-order valence-corrected chi connectivity index (χ4v) is 4.50. The van der Waals surface area contributed by atoms with Crippen LogP contribution in [0.5, 0.6) is 5.75 Å². The minimum Gasteiger partial charge on any atom is -0.497 e. The van der Waals surface area contributed by atoms with Crippen LogP contribution in [-0.2, 0) is 6.54 Å². The van der Waals surface area contributed by atoms with E-state index in [0.717, 1.165) is 25.3 Å². The summed E-state index contributed by atoms with van der Waals surface area (Å²) in [4.78, 5) is 17.6. The summed E-state index contributed by atoms with van der Waals surface area (Å²) in [5.41, 5.74) is 15.0. The van der Waals surface area contributed by atoms with Crippen molar-refractivity contribution in [2.75, 3.05) is 12.8 Å². The fraction of sp³-hybridized carbons (Fsp3) is 0.150. The third-order valence-electron chi connectivity index (χ3n) is 4.27. The first-order valence-electron chi connectivity index (χ1n) is 8.76. The van der Waals surface area contributed by atoms with E-state index in [2.05, 4.69) is 37.3 Å². The van der Waals surface area contributed by atoms with Crippen LogP contribution < -0.4 is 21.5 Å². The van der Waals surface area contributed by atoms with Crippen molar-refractivity contribution in [1.82, 2.24) is 9.69 Å². The third kappa shape index (κ3) is 5.02. The monoisotopic (exact) mass is 555 g/mol. The number of benzene rings is 2. The van der Waals surface area contributed by atoms with Crippen molar-refractivity contribution in [3.63, 3.8) is 0 Å². The van der Waals surface area contributed by atoms with Gasteiger partial charge in [-0.25, -0.2) is 0 Å². The number of anilines is 1. The van der Waals surface area contributed by atoms with Crippen LogP contribution in [0.4, 0.5) is 5.69 Å². The molecule has 10 heteroatoms. The first-order chi connectivity index (χ1) is 14.3. The van der Waals surface area contributed by atoms with Crippen LogP contribution in [0, 0.1) is 10.5 Å². The molecule has 0 spiro atoms. The van der Waals surface area contributed by atoms with E-state index >= 15 is 0 Å². The number of aliphatic imine (C=N–C) groups is 1. The number of hydrogen-bond donors (Lipinski definition) is 3. The first-order valence-corrected chi connectivity index (χ1v) is 11.0. The lowest BCUT2D eigenvalue weighted by Gasteiger charge is -2.09. The molecule has 0 atom stereocenters. The van der Waals surface area contributed by atoms with Gasteiger partial charge in [0.05, 0.1) is 29.1 Å². The molecule has 1 heterocycles. The zero-order chi connectivity index (χ0) is 21.8. The Morgan fingerprint density at radius 1 is 1.33 bits per heavy atom. The zero-order valence-corrected chi connectivity index (χ0v) is 19.9. The summed E-state index contributed by atoms with van der Waals surface area (Å²) in [5.74, 6) is 0.277. The van der Waals surface area contributed by atoms with Gasteiger partial charge in [0, 0.05) is 20.6 Å². The molecule has 0 radical (unpaired) electrons. The van der Waals surface area contributed by atoms with Gasteiger partial charge in [0.1, 0.15) is 5.75 Å². The SMILES string of the molecule is COc1ccc(-c2nsc(C)c2C(=O)/N=C(/N)NCc2cc(Cl)c(N)c(I)c2)cc1. The van der Waals surface area contributed by atoms with Gasteiger partial charge < -0.3 is 21.5 Å². The van der Waals surface area contributed by atoms with Gasteiger partial charge >= 0.3 is 0 Å². The van der Waals surface area contributed by atoms with Gasteiger partial charge in [-0.15, -0.1) is 0 Å². The first kappa shape index (κ1) is 22.3. The minimum atomic E-state index is -0.456. The van der Waals surface area contributed by atoms with Crippen molar-refractivity contribution < 1.29 is 9.53 Å². The predicted molar refractivity (Wildman–Crippen MR) is 130 cm³/mol. The summed E-state index contributed by atoms with van der Waals surface area (Å²) in [6, 6.07) is 11.0. The predicted octanol–water partition coefficient (Wildman–Crippen LogP) is 4.21. The van der Waals surface area contributed by atoms with Crippen LogP contribution in [0.25, 0.3) is 11.3 Å². The normalized spacial score (nSPS) is 11.4. The fourth-order valence-electron chi connectivity index (χ4n) is 2.71. The Balaban J connectivity index is 1.78. The van der Waals surface area contributed by atoms with Gasteiger partial charge in [-0.3, -0.25) is 4.79 Å². The number of guanidine groups is 1. The molecule has 30 heavy (non-hydrogen) atoms. The number of aromatic nitrogens is 1. The Morgan fingerprint density at radius 2 is 2.03 bits per heavy atom. The number of carbonyl (C=O) groups excluding carboxylic acids is 1. The molecule has 7 nitrogen and oxygen atoms in total. The zero-order valence-electron chi connectivity index (χ0n) is 16.2. The van der Waals surface area contributed by atoms with Crippen LogP contribution in [0.2, 0.25) is 5.02 Å². The molecule has 0 fully saturated rings. The molecule has 0 aliphatic rings. The van der Waals surface area contributed by atoms with Crippen molar-refractivity contribution in [3.8, 4) is 17.0 Å². The lowest BCUT2D eigenvalue weighted by molar-refractivity contribution is 0.100. The average molecular weight is 556 g/mol. The molecule has 0 saturated carbocycles. The van der Waals surface area contributed by atoms with E-state index in [4.69, 9.17) is 27.8 Å². The van der Waals surface area contributed by atoms with Gasteiger partial charge in [0.25, 0.3) is 5.91 Å². The number of methoxy groups -OCH3 is 1. The molecule has 2 aromatic carbocycles. The molecule has 0 aliphatic carbocycles. The van der Waals surface area contributed by atoms with Crippen molar-refractivity contribution in [2.24, 2.45) is 10.7 Å². The molecular weight excluding hydrogens is 537 g/mol. The van der Waals surface area contributed by atoms with Crippen LogP contribution >= 0.6 is 45.7 Å². The topological polar surface area (TPSA) is 116 Å².